The van der Waals surface area contributed by atoms with Gasteiger partial charge in [-0.1, -0.05) is 54.9 Å². The number of unbranched alkanes of at least 4 members (excludes halogenated alkanes) is 1. The van der Waals surface area contributed by atoms with Crippen molar-refractivity contribution in [3.63, 3.8) is 0 Å². The fourth-order valence-electron chi connectivity index (χ4n) is 2.61. The molecule has 0 saturated heterocycles. The zero-order valence-electron chi connectivity index (χ0n) is 15.7. The van der Waals surface area contributed by atoms with Gasteiger partial charge in [-0.3, -0.25) is 0 Å². The summed E-state index contributed by atoms with van der Waals surface area (Å²) >= 11 is 0. The van der Waals surface area contributed by atoms with Gasteiger partial charge in [-0.25, -0.2) is 0 Å². The molecular weight excluding hydrogens is 282 g/mol. The van der Waals surface area contributed by atoms with Gasteiger partial charge in [0.2, 0.25) is 0 Å². The third-order valence-electron chi connectivity index (χ3n) is 4.03. The summed E-state index contributed by atoms with van der Waals surface area (Å²) in [5.41, 5.74) is 3.38. The Hall–Kier alpha value is -1.75. The van der Waals surface area contributed by atoms with Gasteiger partial charge in [0, 0.05) is 16.7 Å². The molecule has 1 aromatic carbocycles. The molecule has 23 heavy (non-hydrogen) atoms. The van der Waals surface area contributed by atoms with Crippen molar-refractivity contribution in [2.24, 2.45) is 0 Å². The number of phenols is 1. The predicted octanol–water partition coefficient (Wildman–Crippen LogP) is 6.08. The van der Waals surface area contributed by atoms with Gasteiger partial charge in [-0.05, 0) is 47.4 Å². The summed E-state index contributed by atoms with van der Waals surface area (Å²) in [6.45, 7) is 14.7. The van der Waals surface area contributed by atoms with Crippen LogP contribution in [0.3, 0.4) is 0 Å². The molecule has 126 valence electrons. The second-order valence-electron chi connectivity index (χ2n) is 8.35. The van der Waals surface area contributed by atoms with Crippen molar-refractivity contribution in [3.05, 3.63) is 34.4 Å². The Morgan fingerprint density at radius 1 is 1.09 bits per heavy atom. The number of benzene rings is 1. The van der Waals surface area contributed by atoms with Crippen LogP contribution in [0.2, 0.25) is 0 Å². The lowest BCUT2D eigenvalue weighted by atomic mass is 9.78. The van der Waals surface area contributed by atoms with E-state index in [1.165, 1.54) is 0 Å². The van der Waals surface area contributed by atoms with E-state index in [0.717, 1.165) is 41.5 Å². The van der Waals surface area contributed by atoms with Crippen LogP contribution in [-0.4, -0.2) is 5.11 Å². The fraction of sp³-hybridized carbons (Fsp3) is 0.571. The molecule has 0 aliphatic rings. The Balaban J connectivity index is 3.51. The molecule has 2 nitrogen and oxygen atoms in total. The molecule has 0 spiro atoms. The molecule has 0 bridgehead atoms. The summed E-state index contributed by atoms with van der Waals surface area (Å²) in [6.07, 6.45) is 4.88. The van der Waals surface area contributed by atoms with E-state index in [-0.39, 0.29) is 10.8 Å². The quantitative estimate of drug-likeness (QED) is 0.684. The first-order chi connectivity index (χ1) is 10.5. The van der Waals surface area contributed by atoms with Crippen molar-refractivity contribution in [1.29, 1.82) is 5.26 Å². The maximum absolute atomic E-state index is 10.7. The van der Waals surface area contributed by atoms with Crippen LogP contribution in [0.25, 0.3) is 6.08 Å². The Labute approximate surface area is 141 Å². The molecule has 0 radical (unpaired) electrons. The van der Waals surface area contributed by atoms with Gasteiger partial charge in [0.15, 0.2) is 0 Å². The minimum Gasteiger partial charge on any atom is -0.507 e. The molecule has 1 rings (SSSR count). The zero-order valence-corrected chi connectivity index (χ0v) is 15.7. The Bertz CT molecular complexity index is 584. The highest BCUT2D eigenvalue weighted by atomic mass is 16.3. The normalized spacial score (nSPS) is 13.0. The van der Waals surface area contributed by atoms with E-state index >= 15 is 0 Å². The lowest BCUT2D eigenvalue weighted by Gasteiger charge is -2.28. The van der Waals surface area contributed by atoms with Crippen molar-refractivity contribution < 1.29 is 5.11 Å². The Morgan fingerprint density at radius 3 is 1.91 bits per heavy atom. The van der Waals surface area contributed by atoms with Gasteiger partial charge in [0.25, 0.3) is 0 Å². The molecule has 0 saturated carbocycles. The van der Waals surface area contributed by atoms with Gasteiger partial charge in [-0.2, -0.15) is 5.26 Å². The lowest BCUT2D eigenvalue weighted by molar-refractivity contribution is 0.423. The molecule has 0 aromatic heterocycles. The van der Waals surface area contributed by atoms with Crippen molar-refractivity contribution in [2.45, 2.75) is 78.6 Å². The summed E-state index contributed by atoms with van der Waals surface area (Å²) in [6, 6.07) is 6.36. The topological polar surface area (TPSA) is 44.0 Å². The summed E-state index contributed by atoms with van der Waals surface area (Å²) in [5, 5.41) is 20.1. The van der Waals surface area contributed by atoms with Gasteiger partial charge >= 0.3 is 0 Å². The van der Waals surface area contributed by atoms with Crippen LogP contribution < -0.4 is 0 Å². The highest BCUT2D eigenvalue weighted by molar-refractivity contribution is 5.63. The molecule has 1 aromatic rings. The Kier molecular flexibility index (Phi) is 6.05. The van der Waals surface area contributed by atoms with Gasteiger partial charge in [0.05, 0.1) is 6.07 Å². The van der Waals surface area contributed by atoms with E-state index in [9.17, 15) is 10.4 Å². The van der Waals surface area contributed by atoms with Crippen molar-refractivity contribution in [1.82, 2.24) is 0 Å². The van der Waals surface area contributed by atoms with E-state index in [0.29, 0.717) is 5.75 Å². The highest BCUT2D eigenvalue weighted by Crippen LogP contribution is 2.40. The molecule has 0 atom stereocenters. The molecule has 0 aliphatic heterocycles. The van der Waals surface area contributed by atoms with Crippen LogP contribution in [0.4, 0.5) is 0 Å². The van der Waals surface area contributed by atoms with Crippen LogP contribution in [-0.2, 0) is 10.8 Å². The number of hydrogen-bond acceptors (Lipinski definition) is 2. The second kappa shape index (κ2) is 7.21. The molecule has 0 heterocycles. The Morgan fingerprint density at radius 2 is 1.57 bits per heavy atom. The molecule has 0 unspecified atom stereocenters. The van der Waals surface area contributed by atoms with Crippen LogP contribution in [0.5, 0.6) is 5.75 Å². The molecule has 1 N–H and O–H groups in total. The van der Waals surface area contributed by atoms with Gasteiger partial charge in [0.1, 0.15) is 5.75 Å². The van der Waals surface area contributed by atoms with Crippen LogP contribution >= 0.6 is 0 Å². The minimum atomic E-state index is -0.149. The maximum Gasteiger partial charge on any atom is 0.123 e. The van der Waals surface area contributed by atoms with E-state index in [1.54, 1.807) is 0 Å². The number of aromatic hydroxyl groups is 1. The third-order valence-corrected chi connectivity index (χ3v) is 4.03. The SMILES string of the molecule is CCCCC(C#N)=Cc1cc(C(C)(C)C)c(O)c(C(C)(C)C)c1. The first-order valence-corrected chi connectivity index (χ1v) is 8.49. The number of allylic oxidation sites excluding steroid dienone is 1. The average Bonchev–Trinajstić information content (AvgIpc) is 2.42. The van der Waals surface area contributed by atoms with E-state index in [2.05, 4.69) is 54.5 Å². The molecule has 2 heteroatoms. The van der Waals surface area contributed by atoms with Gasteiger partial charge in [-0.15, -0.1) is 0 Å². The maximum atomic E-state index is 10.7. The highest BCUT2D eigenvalue weighted by Gasteiger charge is 2.26. The minimum absolute atomic E-state index is 0.149. The van der Waals surface area contributed by atoms with Gasteiger partial charge < -0.3 is 5.11 Å². The van der Waals surface area contributed by atoms with Crippen molar-refractivity contribution in [2.75, 3.05) is 0 Å². The van der Waals surface area contributed by atoms with Crippen LogP contribution in [0, 0.1) is 11.3 Å². The molecule has 0 fully saturated rings. The first-order valence-electron chi connectivity index (χ1n) is 8.49. The standard InChI is InChI=1S/C21H31NO/c1-8-9-10-15(14-22)11-16-12-17(20(2,3)4)19(23)18(13-16)21(5,6)7/h11-13,23H,8-10H2,1-7H3. The average molecular weight is 313 g/mol. The van der Waals surface area contributed by atoms with E-state index in [1.807, 2.05) is 18.2 Å². The lowest BCUT2D eigenvalue weighted by Crippen LogP contribution is -2.17. The zero-order chi connectivity index (χ0) is 17.8. The van der Waals surface area contributed by atoms with Crippen molar-refractivity contribution >= 4 is 6.08 Å². The monoisotopic (exact) mass is 313 g/mol. The van der Waals surface area contributed by atoms with Crippen LogP contribution in [0.15, 0.2) is 17.7 Å². The molecular formula is C21H31NO. The molecule has 0 amide bonds. The van der Waals surface area contributed by atoms with Crippen LogP contribution in [0.1, 0.15) is 84.4 Å². The number of phenolic OH excluding ortho intramolecular Hbond substituents is 1. The molecule has 0 aliphatic carbocycles. The number of rotatable bonds is 4. The first kappa shape index (κ1) is 19.3. The number of nitrogens with zero attached hydrogens (tertiary/aromatic N) is 1. The second-order valence-corrected chi connectivity index (χ2v) is 8.35. The summed E-state index contributed by atoms with van der Waals surface area (Å²) in [4.78, 5) is 0. The van der Waals surface area contributed by atoms with Crippen molar-refractivity contribution in [3.8, 4) is 11.8 Å². The summed E-state index contributed by atoms with van der Waals surface area (Å²) in [5.74, 6) is 0.384. The number of hydrogen-bond donors (Lipinski definition) is 1. The summed E-state index contributed by atoms with van der Waals surface area (Å²) < 4.78 is 0. The third kappa shape index (κ3) is 5.13. The van der Waals surface area contributed by atoms with E-state index in [4.69, 9.17) is 0 Å². The number of nitriles is 1. The largest absolute Gasteiger partial charge is 0.507 e. The fourth-order valence-corrected chi connectivity index (χ4v) is 2.61. The summed E-state index contributed by atoms with van der Waals surface area (Å²) in [7, 11) is 0. The predicted molar refractivity (Wildman–Crippen MR) is 98.6 cm³/mol. The van der Waals surface area contributed by atoms with E-state index < -0.39 is 0 Å². The smallest absolute Gasteiger partial charge is 0.123 e.